The number of nitriles is 2. The Hall–Kier alpha value is -3.89. The largest absolute Gasteiger partial charge is 0.539 e. The van der Waals surface area contributed by atoms with Gasteiger partial charge in [0.05, 0.1) is 16.6 Å². The number of carbonyl (C=O) groups is 1. The fraction of sp³-hybridized carbons (Fsp3) is 0.111. The van der Waals surface area contributed by atoms with E-state index in [1.165, 1.54) is 7.05 Å². The molecule has 0 aliphatic heterocycles. The highest BCUT2D eigenvalue weighted by Crippen LogP contribution is 2.35. The fourth-order valence-corrected chi connectivity index (χ4v) is 3.47. The quantitative estimate of drug-likeness (QED) is 0.379. The van der Waals surface area contributed by atoms with Crippen LogP contribution in [-0.2, 0) is 7.05 Å². The van der Waals surface area contributed by atoms with Crippen LogP contribution in [0.25, 0.3) is 11.1 Å². The lowest BCUT2D eigenvalue weighted by Crippen LogP contribution is -2.37. The summed E-state index contributed by atoms with van der Waals surface area (Å²) in [6.07, 6.45) is 0. The van der Waals surface area contributed by atoms with Crippen molar-refractivity contribution in [2.45, 2.75) is 5.03 Å². The molecule has 1 aromatic carbocycles. The number of thioether (sulfide) groups is 1. The molecule has 2 aromatic heterocycles. The number of anilines is 1. The lowest BCUT2D eigenvalue weighted by atomic mass is 9.97. The van der Waals surface area contributed by atoms with Gasteiger partial charge in [-0.15, -0.1) is 0 Å². The van der Waals surface area contributed by atoms with E-state index >= 15 is 0 Å². The lowest BCUT2D eigenvalue weighted by molar-refractivity contribution is -0.741. The number of ketones is 1. The van der Waals surface area contributed by atoms with Gasteiger partial charge in [-0.25, -0.2) is 4.98 Å². The molecular weight excluding hydrogens is 380 g/mol. The first-order valence-corrected chi connectivity index (χ1v) is 8.84. The van der Waals surface area contributed by atoms with Crippen molar-refractivity contribution in [1.82, 2.24) is 10.3 Å². The van der Waals surface area contributed by atoms with Crippen molar-refractivity contribution in [1.29, 1.82) is 10.5 Å². The average molecular weight is 392 g/mol. The van der Waals surface area contributed by atoms with E-state index in [0.717, 1.165) is 16.4 Å². The first kappa shape index (κ1) is 18.9. The Bertz CT molecular complexity index is 1130. The second-order valence-corrected chi connectivity index (χ2v) is 6.53. The topological polar surface area (TPSA) is 157 Å². The highest BCUT2D eigenvalue weighted by Gasteiger charge is 2.25. The number of Topliss-reactive ketones (excluding diaryl/α,β-unsaturated/α-hetero) is 1. The number of nitrogens with zero attached hydrogens (tertiary/aromatic N) is 5. The average Bonchev–Trinajstić information content (AvgIpc) is 3.04. The summed E-state index contributed by atoms with van der Waals surface area (Å²) in [5, 5.41) is 34.3. The first-order chi connectivity index (χ1) is 13.5. The minimum atomic E-state index is -0.842. The Labute approximate surface area is 163 Å². The van der Waals surface area contributed by atoms with Gasteiger partial charge in [0.1, 0.15) is 28.5 Å². The molecule has 0 aliphatic carbocycles. The zero-order valence-electron chi connectivity index (χ0n) is 14.5. The van der Waals surface area contributed by atoms with Crippen molar-refractivity contribution in [3.63, 3.8) is 0 Å². The molecule has 0 spiro atoms. The summed E-state index contributed by atoms with van der Waals surface area (Å²) in [6.45, 7) is 0. The molecule has 3 aromatic rings. The summed E-state index contributed by atoms with van der Waals surface area (Å²) >= 11 is 0.943. The zero-order chi connectivity index (χ0) is 20.3. The van der Waals surface area contributed by atoms with Crippen molar-refractivity contribution in [3.8, 4) is 29.2 Å². The maximum Gasteiger partial charge on any atom is 0.300 e. The predicted octanol–water partition coefficient (Wildman–Crippen LogP) is 0.935. The van der Waals surface area contributed by atoms with Gasteiger partial charge in [-0.05, 0) is 5.56 Å². The third kappa shape index (κ3) is 3.37. The van der Waals surface area contributed by atoms with Gasteiger partial charge in [0.15, 0.2) is 13.0 Å². The van der Waals surface area contributed by atoms with Gasteiger partial charge in [-0.2, -0.15) is 10.5 Å². The summed E-state index contributed by atoms with van der Waals surface area (Å²) in [4.78, 5) is 16.5. The number of aryl methyl sites for hydroxylation is 1. The summed E-state index contributed by atoms with van der Waals surface area (Å²) in [5.41, 5.74) is 6.91. The molecule has 0 amide bonds. The first-order valence-electron chi connectivity index (χ1n) is 7.86. The normalized spacial score (nSPS) is 10.2. The van der Waals surface area contributed by atoms with Crippen molar-refractivity contribution >= 4 is 23.4 Å². The fourth-order valence-electron chi connectivity index (χ4n) is 2.61. The van der Waals surface area contributed by atoms with Crippen LogP contribution in [0.4, 0.5) is 5.82 Å². The number of hydrogen-bond donors (Lipinski definition) is 1. The number of rotatable bonds is 5. The van der Waals surface area contributed by atoms with Gasteiger partial charge in [0, 0.05) is 5.56 Å². The van der Waals surface area contributed by atoms with Crippen LogP contribution in [0.15, 0.2) is 39.9 Å². The Morgan fingerprint density at radius 3 is 2.54 bits per heavy atom. The Morgan fingerprint density at radius 1 is 1.29 bits per heavy atom. The molecule has 0 unspecified atom stereocenters. The second kappa shape index (κ2) is 7.78. The number of nitrogens with two attached hydrogens (primary N) is 1. The van der Waals surface area contributed by atoms with Crippen LogP contribution in [0.1, 0.15) is 21.6 Å². The molecule has 2 N–H and O–H groups in total. The van der Waals surface area contributed by atoms with Crippen molar-refractivity contribution in [2.24, 2.45) is 7.05 Å². The van der Waals surface area contributed by atoms with E-state index in [0.29, 0.717) is 11.1 Å². The van der Waals surface area contributed by atoms with E-state index in [4.69, 9.17) is 5.73 Å². The SMILES string of the molecule is C[n+]1noc([O-])c1C(=O)CSc1nc(N)c(C#N)c(-c2ccccc2)c1C#N. The van der Waals surface area contributed by atoms with E-state index < -0.39 is 11.7 Å². The van der Waals surface area contributed by atoms with Crippen LogP contribution in [0.3, 0.4) is 0 Å². The molecule has 0 saturated heterocycles. The van der Waals surface area contributed by atoms with Gasteiger partial charge in [-0.3, -0.25) is 4.79 Å². The Morgan fingerprint density at radius 2 is 1.96 bits per heavy atom. The zero-order valence-corrected chi connectivity index (χ0v) is 15.4. The van der Waals surface area contributed by atoms with E-state index in [-0.39, 0.29) is 33.4 Å². The third-order valence-corrected chi connectivity index (χ3v) is 4.82. The van der Waals surface area contributed by atoms with Crippen LogP contribution in [-0.4, -0.2) is 21.8 Å². The number of hydrogen-bond acceptors (Lipinski definition) is 9. The molecule has 2 heterocycles. The monoisotopic (exact) mass is 392 g/mol. The van der Waals surface area contributed by atoms with Crippen LogP contribution in [0.2, 0.25) is 0 Å². The number of aromatic nitrogens is 3. The van der Waals surface area contributed by atoms with Crippen LogP contribution < -0.4 is 15.5 Å². The second-order valence-electron chi connectivity index (χ2n) is 5.56. The van der Waals surface area contributed by atoms with E-state index in [1.54, 1.807) is 30.3 Å². The molecule has 0 bridgehead atoms. The molecule has 0 aliphatic rings. The number of nitrogen functional groups attached to an aromatic ring is 1. The summed E-state index contributed by atoms with van der Waals surface area (Å²) in [5.74, 6) is -1.61. The minimum Gasteiger partial charge on any atom is -0.539 e. The molecule has 0 atom stereocenters. The van der Waals surface area contributed by atoms with Crippen molar-refractivity contribution in [3.05, 3.63) is 47.2 Å². The standard InChI is InChI=1S/C18H12N6O3S/c1-24-15(18(26)27-23-24)13(25)9-28-17-12(8-20)14(10-5-3-2-4-6-10)11(7-19)16(21)22-17/h2-6H,9H2,1H3,(H2-,21,22,23,25,26). The van der Waals surface area contributed by atoms with E-state index in [9.17, 15) is 20.4 Å². The highest BCUT2D eigenvalue weighted by atomic mass is 32.2. The Kier molecular flexibility index (Phi) is 5.25. The lowest BCUT2D eigenvalue weighted by Gasteiger charge is -2.12. The number of pyridine rings is 1. The molecule has 3 rings (SSSR count). The van der Waals surface area contributed by atoms with Crippen molar-refractivity contribution in [2.75, 3.05) is 11.5 Å². The highest BCUT2D eigenvalue weighted by molar-refractivity contribution is 8.00. The molecule has 138 valence electrons. The minimum absolute atomic E-state index is 0.0460. The molecule has 10 heteroatoms. The van der Waals surface area contributed by atoms with E-state index in [2.05, 4.69) is 14.8 Å². The maximum absolute atomic E-state index is 12.3. The molecule has 28 heavy (non-hydrogen) atoms. The van der Waals surface area contributed by atoms with Gasteiger partial charge in [-0.1, -0.05) is 46.8 Å². The summed E-state index contributed by atoms with van der Waals surface area (Å²) in [7, 11) is 1.41. The molecule has 0 saturated carbocycles. The molecule has 9 nitrogen and oxygen atoms in total. The van der Waals surface area contributed by atoms with Crippen molar-refractivity contribution < 1.29 is 19.1 Å². The third-order valence-electron chi connectivity index (χ3n) is 3.85. The van der Waals surface area contributed by atoms with Crippen LogP contribution in [0, 0.1) is 22.7 Å². The molecular formula is C18H12N6O3S. The summed E-state index contributed by atoms with van der Waals surface area (Å²) < 4.78 is 5.49. The van der Waals surface area contributed by atoms with Crippen LogP contribution in [0.5, 0.6) is 5.95 Å². The van der Waals surface area contributed by atoms with Gasteiger partial charge in [0.25, 0.3) is 5.69 Å². The maximum atomic E-state index is 12.3. The smallest absolute Gasteiger partial charge is 0.300 e. The molecule has 0 fully saturated rings. The van der Waals surface area contributed by atoms with Crippen LogP contribution >= 0.6 is 11.8 Å². The molecule has 0 radical (unpaired) electrons. The van der Waals surface area contributed by atoms with Gasteiger partial charge < -0.3 is 15.4 Å². The number of carbonyl (C=O) groups excluding carboxylic acids is 1. The predicted molar refractivity (Wildman–Crippen MR) is 95.7 cm³/mol. The number of benzene rings is 1. The van der Waals surface area contributed by atoms with Gasteiger partial charge in [0.2, 0.25) is 5.78 Å². The van der Waals surface area contributed by atoms with E-state index in [1.807, 2.05) is 12.1 Å². The Balaban J connectivity index is 2.03. The van der Waals surface area contributed by atoms with Gasteiger partial charge >= 0.3 is 0 Å². The summed E-state index contributed by atoms with van der Waals surface area (Å²) in [6, 6.07) is 12.9.